The Bertz CT molecular complexity index is 1030. The lowest BCUT2D eigenvalue weighted by Crippen LogP contribution is -2.06. The first-order valence-electron chi connectivity index (χ1n) is 7.84. The van der Waals surface area contributed by atoms with Gasteiger partial charge in [0.05, 0.1) is 15.6 Å². The van der Waals surface area contributed by atoms with E-state index in [0.29, 0.717) is 22.0 Å². The average molecular weight is 384 g/mol. The molecule has 2 aromatic carbocycles. The molecule has 0 unspecified atom stereocenters. The van der Waals surface area contributed by atoms with Crippen LogP contribution in [0, 0.1) is 10.1 Å². The summed E-state index contributed by atoms with van der Waals surface area (Å²) in [6.07, 6.45) is 1.20. The van der Waals surface area contributed by atoms with Crippen LogP contribution >= 0.6 is 11.6 Å². The first-order valence-corrected chi connectivity index (χ1v) is 8.22. The minimum absolute atomic E-state index is 0.00618. The monoisotopic (exact) mass is 383 g/mol. The average Bonchev–Trinajstić information content (AvgIpc) is 2.64. The molecule has 9 heteroatoms. The van der Waals surface area contributed by atoms with Crippen molar-refractivity contribution >= 4 is 46.1 Å². The van der Waals surface area contributed by atoms with E-state index in [1.165, 1.54) is 13.3 Å². The number of ketones is 1. The van der Waals surface area contributed by atoms with Crippen molar-refractivity contribution in [1.29, 1.82) is 0 Å². The van der Waals surface area contributed by atoms with Crippen molar-refractivity contribution in [3.63, 3.8) is 0 Å². The van der Waals surface area contributed by atoms with E-state index < -0.39 is 4.92 Å². The van der Waals surface area contributed by atoms with Crippen LogP contribution in [0.4, 0.5) is 28.7 Å². The molecule has 0 radical (unpaired) electrons. The SMILES string of the molecule is CC(=O)c1cccc(Nc2ncnc(Nc3ccccc3Cl)c2[N+](=O)[O-])c1. The topological polar surface area (TPSA) is 110 Å². The number of Topliss-reactive ketones (excluding diaryl/α,β-unsaturated/α-hetero) is 1. The van der Waals surface area contributed by atoms with Gasteiger partial charge in [-0.2, -0.15) is 0 Å². The van der Waals surface area contributed by atoms with Gasteiger partial charge in [0, 0.05) is 11.3 Å². The molecule has 0 spiro atoms. The fraction of sp³-hybridized carbons (Fsp3) is 0.0556. The van der Waals surface area contributed by atoms with Crippen molar-refractivity contribution < 1.29 is 9.72 Å². The number of rotatable bonds is 6. The molecule has 3 rings (SSSR count). The summed E-state index contributed by atoms with van der Waals surface area (Å²) >= 11 is 6.10. The third-order valence-corrected chi connectivity index (χ3v) is 3.99. The van der Waals surface area contributed by atoms with E-state index in [1.807, 2.05) is 0 Å². The zero-order valence-corrected chi connectivity index (χ0v) is 14.9. The van der Waals surface area contributed by atoms with Crippen molar-refractivity contribution in [3.8, 4) is 0 Å². The van der Waals surface area contributed by atoms with Gasteiger partial charge in [-0.15, -0.1) is 0 Å². The maximum atomic E-state index is 11.6. The smallest absolute Gasteiger partial charge is 0.334 e. The highest BCUT2D eigenvalue weighted by molar-refractivity contribution is 6.33. The van der Waals surface area contributed by atoms with E-state index in [-0.39, 0.29) is 23.1 Å². The molecule has 0 saturated carbocycles. The van der Waals surface area contributed by atoms with Crippen LogP contribution in [0.5, 0.6) is 0 Å². The first-order chi connectivity index (χ1) is 13.0. The van der Waals surface area contributed by atoms with Crippen molar-refractivity contribution in [2.75, 3.05) is 10.6 Å². The maximum absolute atomic E-state index is 11.6. The molecule has 0 aliphatic carbocycles. The Morgan fingerprint density at radius 1 is 1.07 bits per heavy atom. The van der Waals surface area contributed by atoms with Gasteiger partial charge in [-0.05, 0) is 31.2 Å². The van der Waals surface area contributed by atoms with E-state index in [9.17, 15) is 14.9 Å². The molecular formula is C18H14ClN5O3. The zero-order valence-electron chi connectivity index (χ0n) is 14.1. The molecule has 0 aliphatic heterocycles. The molecule has 2 N–H and O–H groups in total. The molecule has 136 valence electrons. The predicted molar refractivity (Wildman–Crippen MR) is 103 cm³/mol. The first kappa shape index (κ1) is 18.3. The second-order valence-corrected chi connectivity index (χ2v) is 5.95. The Balaban J connectivity index is 1.99. The van der Waals surface area contributed by atoms with Gasteiger partial charge in [-0.3, -0.25) is 14.9 Å². The number of nitrogens with zero attached hydrogens (tertiary/aromatic N) is 3. The number of halogens is 1. The van der Waals surface area contributed by atoms with E-state index in [0.717, 1.165) is 0 Å². The second kappa shape index (κ2) is 7.79. The lowest BCUT2D eigenvalue weighted by molar-refractivity contribution is -0.383. The molecule has 27 heavy (non-hydrogen) atoms. The van der Waals surface area contributed by atoms with Gasteiger partial charge in [-0.25, -0.2) is 9.97 Å². The fourth-order valence-electron chi connectivity index (χ4n) is 2.38. The highest BCUT2D eigenvalue weighted by Crippen LogP contribution is 2.34. The Hall–Kier alpha value is -3.52. The largest absolute Gasteiger partial charge is 0.353 e. The molecule has 0 bridgehead atoms. The summed E-state index contributed by atoms with van der Waals surface area (Å²) in [5.74, 6) is -0.129. The summed E-state index contributed by atoms with van der Waals surface area (Å²) in [4.78, 5) is 30.5. The van der Waals surface area contributed by atoms with Crippen LogP contribution in [0.15, 0.2) is 54.9 Å². The van der Waals surface area contributed by atoms with E-state index in [1.54, 1.807) is 48.5 Å². The molecule has 8 nitrogen and oxygen atoms in total. The Morgan fingerprint density at radius 3 is 2.44 bits per heavy atom. The van der Waals surface area contributed by atoms with Gasteiger partial charge >= 0.3 is 5.69 Å². The number of nitrogens with one attached hydrogen (secondary N) is 2. The molecule has 3 aromatic rings. The summed E-state index contributed by atoms with van der Waals surface area (Å²) in [5, 5.41) is 17.8. The number of anilines is 4. The van der Waals surface area contributed by atoms with Crippen molar-refractivity contribution in [3.05, 3.63) is 75.6 Å². The molecule has 0 atom stereocenters. The van der Waals surface area contributed by atoms with Crippen LogP contribution in [-0.2, 0) is 0 Å². The van der Waals surface area contributed by atoms with Crippen LogP contribution < -0.4 is 10.6 Å². The molecule has 0 fully saturated rings. The summed E-state index contributed by atoms with van der Waals surface area (Å²) in [7, 11) is 0. The highest BCUT2D eigenvalue weighted by atomic mass is 35.5. The summed E-state index contributed by atoms with van der Waals surface area (Å²) in [5.41, 5.74) is 1.11. The Morgan fingerprint density at radius 2 is 1.78 bits per heavy atom. The van der Waals surface area contributed by atoms with Crippen molar-refractivity contribution in [2.24, 2.45) is 0 Å². The summed E-state index contributed by atoms with van der Waals surface area (Å²) in [6.45, 7) is 1.44. The number of hydrogen-bond acceptors (Lipinski definition) is 7. The standard InChI is InChI=1S/C18H14ClN5O3/c1-11(25)12-5-4-6-13(9-12)22-17-16(24(26)27)18(21-10-20-17)23-15-8-3-2-7-14(15)19/h2-10H,1H3,(H2,20,21,22,23). The normalized spacial score (nSPS) is 10.3. The third kappa shape index (κ3) is 4.18. The number of carbonyl (C=O) groups excluding carboxylic acids is 1. The summed E-state index contributed by atoms with van der Waals surface area (Å²) in [6, 6.07) is 13.4. The quantitative estimate of drug-likeness (QED) is 0.359. The molecule has 1 aromatic heterocycles. The minimum Gasteiger partial charge on any atom is -0.334 e. The summed E-state index contributed by atoms with van der Waals surface area (Å²) < 4.78 is 0. The van der Waals surface area contributed by atoms with Crippen LogP contribution in [0.1, 0.15) is 17.3 Å². The molecule has 0 saturated heterocycles. The van der Waals surface area contributed by atoms with E-state index >= 15 is 0 Å². The maximum Gasteiger partial charge on any atom is 0.353 e. The molecule has 0 amide bonds. The Kier molecular flexibility index (Phi) is 5.28. The highest BCUT2D eigenvalue weighted by Gasteiger charge is 2.24. The van der Waals surface area contributed by atoms with Crippen LogP contribution in [-0.4, -0.2) is 20.7 Å². The molecular weight excluding hydrogens is 370 g/mol. The molecule has 0 aliphatic rings. The number of hydrogen-bond donors (Lipinski definition) is 2. The van der Waals surface area contributed by atoms with Gasteiger partial charge in [0.25, 0.3) is 0 Å². The van der Waals surface area contributed by atoms with Crippen molar-refractivity contribution in [2.45, 2.75) is 6.92 Å². The third-order valence-electron chi connectivity index (χ3n) is 3.66. The predicted octanol–water partition coefficient (Wildman–Crippen LogP) is 4.73. The second-order valence-electron chi connectivity index (χ2n) is 5.54. The minimum atomic E-state index is -0.587. The zero-order chi connectivity index (χ0) is 19.4. The lowest BCUT2D eigenvalue weighted by Gasteiger charge is -2.11. The van der Waals surface area contributed by atoms with E-state index in [2.05, 4.69) is 20.6 Å². The van der Waals surface area contributed by atoms with Crippen LogP contribution in [0.3, 0.4) is 0 Å². The number of carbonyl (C=O) groups is 1. The number of nitro groups is 1. The number of aromatic nitrogens is 2. The van der Waals surface area contributed by atoms with Gasteiger partial charge in [0.1, 0.15) is 6.33 Å². The fourth-order valence-corrected chi connectivity index (χ4v) is 2.56. The van der Waals surface area contributed by atoms with Crippen molar-refractivity contribution in [1.82, 2.24) is 9.97 Å². The van der Waals surface area contributed by atoms with E-state index in [4.69, 9.17) is 11.6 Å². The lowest BCUT2D eigenvalue weighted by atomic mass is 10.1. The Labute approximate surface area is 159 Å². The van der Waals surface area contributed by atoms with Gasteiger partial charge in [-0.1, -0.05) is 35.9 Å². The van der Waals surface area contributed by atoms with Gasteiger partial charge in [0.15, 0.2) is 5.78 Å². The number of para-hydroxylation sites is 1. The van der Waals surface area contributed by atoms with Crippen LogP contribution in [0.2, 0.25) is 5.02 Å². The van der Waals surface area contributed by atoms with Gasteiger partial charge in [0.2, 0.25) is 11.6 Å². The number of benzene rings is 2. The van der Waals surface area contributed by atoms with Crippen LogP contribution in [0.25, 0.3) is 0 Å². The van der Waals surface area contributed by atoms with Gasteiger partial charge < -0.3 is 10.6 Å². The molecule has 1 heterocycles.